The van der Waals surface area contributed by atoms with Crippen LogP contribution >= 0.6 is 24.2 Å². The van der Waals surface area contributed by atoms with Crippen molar-refractivity contribution in [3.8, 4) is 0 Å². The first-order valence-corrected chi connectivity index (χ1v) is 9.07. The Labute approximate surface area is 154 Å². The number of carbonyl (C=O) groups is 2. The van der Waals surface area contributed by atoms with E-state index in [2.05, 4.69) is 10.6 Å². The quantitative estimate of drug-likeness (QED) is 0.779. The summed E-state index contributed by atoms with van der Waals surface area (Å²) in [6.07, 6.45) is 0.970. The number of hydrogen-bond donors (Lipinski definition) is 2. The highest BCUT2D eigenvalue weighted by molar-refractivity contribution is 8.00. The van der Waals surface area contributed by atoms with Crippen molar-refractivity contribution in [2.75, 3.05) is 31.9 Å². The molecule has 1 heterocycles. The molecular weight excluding hydrogens is 346 g/mol. The fourth-order valence-corrected chi connectivity index (χ4v) is 3.35. The molecule has 1 saturated heterocycles. The van der Waals surface area contributed by atoms with Crippen LogP contribution in [-0.2, 0) is 4.79 Å². The summed E-state index contributed by atoms with van der Waals surface area (Å²) in [4.78, 5) is 27.4. The van der Waals surface area contributed by atoms with Crippen LogP contribution in [-0.4, -0.2) is 54.7 Å². The molecule has 1 fully saturated rings. The first-order valence-electron chi connectivity index (χ1n) is 8.09. The van der Waals surface area contributed by atoms with Crippen LogP contribution in [0.4, 0.5) is 0 Å². The van der Waals surface area contributed by atoms with Crippen molar-refractivity contribution in [2.24, 2.45) is 0 Å². The smallest absolute Gasteiger partial charge is 0.255 e. The molecule has 1 aliphatic heterocycles. The Morgan fingerprint density at radius 2 is 2.00 bits per heavy atom. The average molecular weight is 372 g/mol. The van der Waals surface area contributed by atoms with Gasteiger partial charge in [0.25, 0.3) is 5.91 Å². The molecule has 0 saturated carbocycles. The second kappa shape index (κ2) is 10.6. The normalized spacial score (nSPS) is 14.7. The van der Waals surface area contributed by atoms with Crippen molar-refractivity contribution in [1.82, 2.24) is 15.5 Å². The monoisotopic (exact) mass is 371 g/mol. The van der Waals surface area contributed by atoms with Gasteiger partial charge in [0.15, 0.2) is 0 Å². The van der Waals surface area contributed by atoms with Crippen molar-refractivity contribution in [1.29, 1.82) is 0 Å². The van der Waals surface area contributed by atoms with Gasteiger partial charge in [-0.1, -0.05) is 12.1 Å². The van der Waals surface area contributed by atoms with Crippen molar-refractivity contribution in [3.05, 3.63) is 29.8 Å². The van der Waals surface area contributed by atoms with Gasteiger partial charge in [0.1, 0.15) is 0 Å². The zero-order valence-electron chi connectivity index (χ0n) is 14.2. The summed E-state index contributed by atoms with van der Waals surface area (Å²) in [5, 5.41) is 6.17. The Morgan fingerprint density at radius 3 is 2.75 bits per heavy atom. The Hall–Kier alpha value is -1.24. The third-order valence-electron chi connectivity index (χ3n) is 3.55. The number of amides is 2. The highest BCUT2D eigenvalue weighted by Crippen LogP contribution is 2.24. The molecule has 134 valence electrons. The van der Waals surface area contributed by atoms with Gasteiger partial charge in [0.05, 0.1) is 11.3 Å². The van der Waals surface area contributed by atoms with Crippen LogP contribution in [0.3, 0.4) is 0 Å². The Morgan fingerprint density at radius 1 is 1.25 bits per heavy atom. The number of benzene rings is 1. The average Bonchev–Trinajstić information content (AvgIpc) is 2.81. The molecule has 7 heteroatoms. The van der Waals surface area contributed by atoms with E-state index in [1.165, 1.54) is 11.8 Å². The lowest BCUT2D eigenvalue weighted by Gasteiger charge is -2.21. The van der Waals surface area contributed by atoms with Gasteiger partial charge in [-0.3, -0.25) is 9.59 Å². The summed E-state index contributed by atoms with van der Waals surface area (Å²) in [5.74, 6) is 0.372. The number of thioether (sulfide) groups is 1. The number of hydrogen-bond acceptors (Lipinski definition) is 4. The van der Waals surface area contributed by atoms with Crippen LogP contribution in [0.25, 0.3) is 0 Å². The lowest BCUT2D eigenvalue weighted by molar-refractivity contribution is -0.119. The Kier molecular flexibility index (Phi) is 9.18. The van der Waals surface area contributed by atoms with Crippen LogP contribution in [0.1, 0.15) is 30.6 Å². The molecule has 1 aromatic rings. The van der Waals surface area contributed by atoms with Gasteiger partial charge in [0.2, 0.25) is 5.91 Å². The van der Waals surface area contributed by atoms with Crippen LogP contribution < -0.4 is 10.6 Å². The van der Waals surface area contributed by atoms with Crippen molar-refractivity contribution < 1.29 is 9.59 Å². The van der Waals surface area contributed by atoms with Crippen molar-refractivity contribution in [3.63, 3.8) is 0 Å². The molecule has 2 amide bonds. The van der Waals surface area contributed by atoms with Crippen LogP contribution in [0.15, 0.2) is 29.2 Å². The molecular formula is C17H26ClN3O2S. The Balaban J connectivity index is 0.00000288. The molecule has 2 rings (SSSR count). The van der Waals surface area contributed by atoms with Gasteiger partial charge in [-0.15, -0.1) is 24.2 Å². The number of halogens is 1. The molecule has 0 bridgehead atoms. The summed E-state index contributed by atoms with van der Waals surface area (Å²) in [6.45, 7) is 7.17. The highest BCUT2D eigenvalue weighted by atomic mass is 35.5. The third kappa shape index (κ3) is 6.34. The maximum absolute atomic E-state index is 12.8. The second-order valence-corrected chi connectivity index (χ2v) is 6.92. The molecule has 24 heavy (non-hydrogen) atoms. The van der Waals surface area contributed by atoms with Crippen LogP contribution in [0.2, 0.25) is 0 Å². The lowest BCUT2D eigenvalue weighted by atomic mass is 10.2. The van der Waals surface area contributed by atoms with Gasteiger partial charge < -0.3 is 15.5 Å². The lowest BCUT2D eigenvalue weighted by Crippen LogP contribution is -2.34. The molecule has 0 aliphatic carbocycles. The van der Waals surface area contributed by atoms with E-state index in [9.17, 15) is 9.59 Å². The predicted octanol–water partition coefficient (Wildman–Crippen LogP) is 2.16. The maximum atomic E-state index is 12.8. The second-order valence-electron chi connectivity index (χ2n) is 5.90. The van der Waals surface area contributed by atoms with E-state index in [4.69, 9.17) is 0 Å². The minimum absolute atomic E-state index is 0. The highest BCUT2D eigenvalue weighted by Gasteiger charge is 2.20. The summed E-state index contributed by atoms with van der Waals surface area (Å²) in [5.41, 5.74) is 0.691. The van der Waals surface area contributed by atoms with E-state index in [0.717, 1.165) is 37.5 Å². The third-order valence-corrected chi connectivity index (χ3v) is 4.63. The summed E-state index contributed by atoms with van der Waals surface area (Å²) in [7, 11) is 0. The standard InChI is InChI=1S/C17H25N3O2S.ClH/c1-13(2)19-16(21)12-23-15-7-4-3-6-14(15)17(22)20-10-5-8-18-9-11-20;/h3-4,6-7,13,18H,5,8-12H2,1-2H3,(H,19,21);1H. The minimum atomic E-state index is -0.00813. The maximum Gasteiger partial charge on any atom is 0.255 e. The van der Waals surface area contributed by atoms with Gasteiger partial charge in [-0.2, -0.15) is 0 Å². The Bertz CT molecular complexity index is 546. The molecule has 2 N–H and O–H groups in total. The van der Waals surface area contributed by atoms with Crippen molar-refractivity contribution >= 4 is 36.0 Å². The van der Waals surface area contributed by atoms with Gasteiger partial charge >= 0.3 is 0 Å². The minimum Gasteiger partial charge on any atom is -0.353 e. The largest absolute Gasteiger partial charge is 0.353 e. The molecule has 1 aliphatic rings. The summed E-state index contributed by atoms with van der Waals surface area (Å²) in [6, 6.07) is 7.68. The van der Waals surface area contributed by atoms with E-state index < -0.39 is 0 Å². The fourth-order valence-electron chi connectivity index (χ4n) is 2.50. The zero-order chi connectivity index (χ0) is 16.7. The first-order chi connectivity index (χ1) is 11.1. The topological polar surface area (TPSA) is 61.4 Å². The van der Waals surface area contributed by atoms with Gasteiger partial charge in [-0.05, 0) is 38.9 Å². The molecule has 0 spiro atoms. The van der Waals surface area contributed by atoms with E-state index in [0.29, 0.717) is 11.3 Å². The van der Waals surface area contributed by atoms with Crippen molar-refractivity contribution in [2.45, 2.75) is 31.2 Å². The molecule has 0 atom stereocenters. The molecule has 5 nitrogen and oxygen atoms in total. The number of rotatable bonds is 5. The van der Waals surface area contributed by atoms with Gasteiger partial charge in [0, 0.05) is 30.6 Å². The molecule has 0 aromatic heterocycles. The first kappa shape index (κ1) is 20.8. The molecule has 1 aromatic carbocycles. The van der Waals surface area contributed by atoms with Crippen LogP contribution in [0, 0.1) is 0 Å². The zero-order valence-corrected chi connectivity index (χ0v) is 15.8. The molecule has 0 unspecified atom stereocenters. The predicted molar refractivity (Wildman–Crippen MR) is 101 cm³/mol. The number of carbonyl (C=O) groups excluding carboxylic acids is 2. The number of nitrogens with zero attached hydrogens (tertiary/aromatic N) is 1. The molecule has 0 radical (unpaired) electrons. The van der Waals surface area contributed by atoms with E-state index >= 15 is 0 Å². The van der Waals surface area contributed by atoms with E-state index in [1.54, 1.807) is 0 Å². The van der Waals surface area contributed by atoms with Gasteiger partial charge in [-0.25, -0.2) is 0 Å². The summed E-state index contributed by atoms with van der Waals surface area (Å²) >= 11 is 1.42. The fraction of sp³-hybridized carbons (Fsp3) is 0.529. The van der Waals surface area contributed by atoms with E-state index in [1.807, 2.05) is 43.0 Å². The summed E-state index contributed by atoms with van der Waals surface area (Å²) < 4.78 is 0. The number of nitrogens with one attached hydrogen (secondary N) is 2. The SMILES string of the molecule is CC(C)NC(=O)CSc1ccccc1C(=O)N1CCCNCC1.Cl. The van der Waals surface area contributed by atoms with Crippen LogP contribution in [0.5, 0.6) is 0 Å². The van der Waals surface area contributed by atoms with E-state index in [-0.39, 0.29) is 30.3 Å².